The van der Waals surface area contributed by atoms with Crippen LogP contribution in [0, 0.1) is 0 Å². The normalized spacial score (nSPS) is 14.8. The number of para-hydroxylation sites is 2. The summed E-state index contributed by atoms with van der Waals surface area (Å²) in [5.74, 6) is 0.489. The number of benzene rings is 2. The van der Waals surface area contributed by atoms with Crippen molar-refractivity contribution >= 4 is 23.6 Å². The van der Waals surface area contributed by atoms with Crippen molar-refractivity contribution in [3.63, 3.8) is 0 Å². The van der Waals surface area contributed by atoms with Gasteiger partial charge in [0.2, 0.25) is 0 Å². The van der Waals surface area contributed by atoms with Crippen LogP contribution in [0.2, 0.25) is 0 Å². The first-order valence-electron chi connectivity index (χ1n) is 8.24. The molecule has 2 amide bonds. The predicted molar refractivity (Wildman–Crippen MR) is 99.1 cm³/mol. The van der Waals surface area contributed by atoms with Crippen LogP contribution in [0.4, 0.5) is 5.69 Å². The summed E-state index contributed by atoms with van der Waals surface area (Å²) in [6.07, 6.45) is 1.67. The molecular formula is C20H20N2O4. The highest BCUT2D eigenvalue weighted by atomic mass is 16.5. The Morgan fingerprint density at radius 3 is 2.65 bits per heavy atom. The molecule has 6 nitrogen and oxygen atoms in total. The summed E-state index contributed by atoms with van der Waals surface area (Å²) >= 11 is 0. The maximum absolute atomic E-state index is 12.5. The number of hydrogen-bond acceptors (Lipinski definition) is 4. The van der Waals surface area contributed by atoms with E-state index in [1.165, 1.54) is 0 Å². The van der Waals surface area contributed by atoms with Crippen LogP contribution in [-0.2, 0) is 9.53 Å². The van der Waals surface area contributed by atoms with E-state index in [-0.39, 0.29) is 17.6 Å². The van der Waals surface area contributed by atoms with Gasteiger partial charge in [-0.2, -0.15) is 0 Å². The molecule has 2 aromatic rings. The summed E-state index contributed by atoms with van der Waals surface area (Å²) in [6.45, 7) is 0.916. The molecule has 0 atom stereocenters. The number of likely N-dealkylation sites (N-methyl/N-ethyl adjacent to an activating group) is 1. The van der Waals surface area contributed by atoms with Gasteiger partial charge < -0.3 is 19.7 Å². The van der Waals surface area contributed by atoms with Crippen LogP contribution < -0.4 is 15.0 Å². The van der Waals surface area contributed by atoms with Gasteiger partial charge in [0.05, 0.1) is 12.3 Å². The number of rotatable bonds is 5. The number of nitrogens with zero attached hydrogens (tertiary/aromatic N) is 1. The van der Waals surface area contributed by atoms with Crippen molar-refractivity contribution in [1.82, 2.24) is 5.32 Å². The average molecular weight is 352 g/mol. The van der Waals surface area contributed by atoms with Crippen LogP contribution >= 0.6 is 0 Å². The first kappa shape index (κ1) is 17.7. The standard InChI is InChI=1S/C20H20N2O4/c1-22-16-5-3-4-6-17(16)26-18(20(22)24)13-14-7-9-15(10-8-14)19(23)21-11-12-25-2/h3-10,13H,11-12H2,1-2H3,(H,21,23)/b18-13-. The third kappa shape index (κ3) is 3.75. The van der Waals surface area contributed by atoms with E-state index in [4.69, 9.17) is 9.47 Å². The molecule has 6 heteroatoms. The maximum Gasteiger partial charge on any atom is 0.293 e. The van der Waals surface area contributed by atoms with E-state index in [0.29, 0.717) is 24.5 Å². The molecule has 0 aliphatic carbocycles. The highest BCUT2D eigenvalue weighted by molar-refractivity contribution is 6.09. The molecule has 1 N–H and O–H groups in total. The van der Waals surface area contributed by atoms with Crippen molar-refractivity contribution in [3.8, 4) is 5.75 Å². The second-order valence-electron chi connectivity index (χ2n) is 5.81. The van der Waals surface area contributed by atoms with Crippen LogP contribution in [0.1, 0.15) is 15.9 Å². The Morgan fingerprint density at radius 1 is 1.19 bits per heavy atom. The summed E-state index contributed by atoms with van der Waals surface area (Å²) in [5, 5.41) is 2.76. The molecule has 26 heavy (non-hydrogen) atoms. The van der Waals surface area contributed by atoms with Gasteiger partial charge >= 0.3 is 0 Å². The molecule has 3 rings (SSSR count). The van der Waals surface area contributed by atoms with Crippen LogP contribution in [0.3, 0.4) is 0 Å². The van der Waals surface area contributed by atoms with Gasteiger partial charge in [0.1, 0.15) is 0 Å². The number of fused-ring (bicyclic) bond motifs is 1. The minimum Gasteiger partial charge on any atom is -0.449 e. The Bertz CT molecular complexity index is 843. The Balaban J connectivity index is 1.76. The molecule has 0 aromatic heterocycles. The van der Waals surface area contributed by atoms with Gasteiger partial charge in [0.15, 0.2) is 11.5 Å². The minimum absolute atomic E-state index is 0.167. The van der Waals surface area contributed by atoms with Gasteiger partial charge in [-0.25, -0.2) is 0 Å². The largest absolute Gasteiger partial charge is 0.449 e. The van der Waals surface area contributed by atoms with Crippen molar-refractivity contribution in [1.29, 1.82) is 0 Å². The van der Waals surface area contributed by atoms with Crippen molar-refractivity contribution < 1.29 is 19.1 Å². The van der Waals surface area contributed by atoms with Crippen molar-refractivity contribution in [2.24, 2.45) is 0 Å². The van der Waals surface area contributed by atoms with E-state index in [1.807, 2.05) is 24.3 Å². The third-order valence-corrected chi connectivity index (χ3v) is 4.02. The fourth-order valence-corrected chi connectivity index (χ4v) is 2.60. The molecule has 0 fully saturated rings. The highest BCUT2D eigenvalue weighted by Gasteiger charge is 2.27. The van der Waals surface area contributed by atoms with Crippen LogP contribution in [0.25, 0.3) is 6.08 Å². The van der Waals surface area contributed by atoms with Gasteiger partial charge in [-0.1, -0.05) is 24.3 Å². The smallest absolute Gasteiger partial charge is 0.293 e. The first-order valence-corrected chi connectivity index (χ1v) is 8.24. The zero-order valence-corrected chi connectivity index (χ0v) is 14.7. The van der Waals surface area contributed by atoms with E-state index in [1.54, 1.807) is 49.4 Å². The average Bonchev–Trinajstić information content (AvgIpc) is 2.66. The first-order chi connectivity index (χ1) is 12.6. The molecule has 0 saturated carbocycles. The second-order valence-corrected chi connectivity index (χ2v) is 5.81. The van der Waals surface area contributed by atoms with Crippen LogP contribution in [-0.4, -0.2) is 39.1 Å². The zero-order valence-electron chi connectivity index (χ0n) is 14.7. The van der Waals surface area contributed by atoms with Crippen molar-refractivity contribution in [3.05, 3.63) is 65.4 Å². The Hall–Kier alpha value is -3.12. The van der Waals surface area contributed by atoms with E-state index in [0.717, 1.165) is 11.3 Å². The monoisotopic (exact) mass is 352 g/mol. The molecule has 1 aliphatic heterocycles. The molecule has 0 radical (unpaired) electrons. The number of carbonyl (C=O) groups excluding carboxylic acids is 2. The SMILES string of the molecule is COCCNC(=O)c1ccc(/C=C2\Oc3ccccc3N(C)C2=O)cc1. The van der Waals surface area contributed by atoms with Gasteiger partial charge in [0.25, 0.3) is 11.8 Å². The molecule has 0 unspecified atom stereocenters. The van der Waals surface area contributed by atoms with E-state index < -0.39 is 0 Å². The number of carbonyl (C=O) groups is 2. The summed E-state index contributed by atoms with van der Waals surface area (Å²) in [6, 6.07) is 14.3. The Kier molecular flexibility index (Phi) is 5.34. The molecule has 1 heterocycles. The number of anilines is 1. The Labute approximate surface area is 152 Å². The molecule has 134 valence electrons. The molecule has 0 saturated heterocycles. The highest BCUT2D eigenvalue weighted by Crippen LogP contribution is 2.34. The van der Waals surface area contributed by atoms with Gasteiger partial charge in [-0.3, -0.25) is 9.59 Å². The third-order valence-electron chi connectivity index (χ3n) is 4.02. The number of nitrogens with one attached hydrogen (secondary N) is 1. The predicted octanol–water partition coefficient (Wildman–Crippen LogP) is 2.46. The lowest BCUT2D eigenvalue weighted by molar-refractivity contribution is -0.117. The summed E-state index contributed by atoms with van der Waals surface area (Å²) in [7, 11) is 3.30. The number of amides is 2. The van der Waals surface area contributed by atoms with Crippen molar-refractivity contribution in [2.75, 3.05) is 32.2 Å². The summed E-state index contributed by atoms with van der Waals surface area (Å²) < 4.78 is 10.6. The van der Waals surface area contributed by atoms with Crippen LogP contribution in [0.5, 0.6) is 5.75 Å². The van der Waals surface area contributed by atoms with E-state index >= 15 is 0 Å². The molecule has 2 aromatic carbocycles. The lowest BCUT2D eigenvalue weighted by Crippen LogP contribution is -2.33. The molecule has 0 spiro atoms. The lowest BCUT2D eigenvalue weighted by atomic mass is 10.1. The number of ether oxygens (including phenoxy) is 2. The van der Waals surface area contributed by atoms with E-state index in [9.17, 15) is 9.59 Å². The van der Waals surface area contributed by atoms with E-state index in [2.05, 4.69) is 5.32 Å². The fraction of sp³-hybridized carbons (Fsp3) is 0.200. The quantitative estimate of drug-likeness (QED) is 0.663. The molecule has 1 aliphatic rings. The molecule has 0 bridgehead atoms. The summed E-state index contributed by atoms with van der Waals surface area (Å²) in [4.78, 5) is 26.0. The zero-order chi connectivity index (χ0) is 18.5. The number of hydrogen-bond donors (Lipinski definition) is 1. The fourth-order valence-electron chi connectivity index (χ4n) is 2.60. The van der Waals surface area contributed by atoms with Gasteiger partial charge in [-0.15, -0.1) is 0 Å². The lowest BCUT2D eigenvalue weighted by Gasteiger charge is -2.27. The summed E-state index contributed by atoms with van der Waals surface area (Å²) in [5.41, 5.74) is 2.05. The minimum atomic E-state index is -0.218. The van der Waals surface area contributed by atoms with Crippen LogP contribution in [0.15, 0.2) is 54.3 Å². The van der Waals surface area contributed by atoms with Gasteiger partial charge in [0, 0.05) is 26.3 Å². The van der Waals surface area contributed by atoms with Gasteiger partial charge in [-0.05, 0) is 35.9 Å². The second kappa shape index (κ2) is 7.84. The Morgan fingerprint density at radius 2 is 1.92 bits per heavy atom. The molecular weight excluding hydrogens is 332 g/mol. The maximum atomic E-state index is 12.5. The van der Waals surface area contributed by atoms with Crippen molar-refractivity contribution in [2.45, 2.75) is 0 Å². The number of methoxy groups -OCH3 is 1. The topological polar surface area (TPSA) is 67.9 Å².